The van der Waals surface area contributed by atoms with E-state index < -0.39 is 15.9 Å². The number of rotatable bonds is 6. The van der Waals surface area contributed by atoms with E-state index in [0.29, 0.717) is 19.0 Å². The topological polar surface area (TPSA) is 78.8 Å². The number of nitrogens with one attached hydrogen (secondary N) is 1. The van der Waals surface area contributed by atoms with E-state index in [0.717, 1.165) is 18.4 Å². The minimum Gasteiger partial charge on any atom is -0.267 e. The molecule has 1 saturated heterocycles. The molecule has 1 aliphatic heterocycles. The summed E-state index contributed by atoms with van der Waals surface area (Å²) in [6.45, 7) is 5.31. The van der Waals surface area contributed by atoms with Crippen LogP contribution in [0, 0.1) is 0 Å². The molecule has 0 spiro atoms. The van der Waals surface area contributed by atoms with E-state index in [1.165, 1.54) is 22.0 Å². The maximum atomic E-state index is 12.6. The van der Waals surface area contributed by atoms with Crippen molar-refractivity contribution in [1.29, 1.82) is 0 Å². The molecule has 0 unspecified atom stereocenters. The van der Waals surface area contributed by atoms with Crippen LogP contribution in [-0.4, -0.2) is 37.9 Å². The monoisotopic (exact) mass is 399 g/mol. The third kappa shape index (κ3) is 4.66. The SMILES string of the molecule is CC(C)c1ccc(/C=N\NC(=O)c2cccc(S(=O)(=O)N3CCCC3)c2)cc1. The summed E-state index contributed by atoms with van der Waals surface area (Å²) in [5.74, 6) is 0.00308. The zero-order valence-electron chi connectivity index (χ0n) is 16.1. The van der Waals surface area contributed by atoms with Gasteiger partial charge in [-0.2, -0.15) is 9.41 Å². The minimum absolute atomic E-state index is 0.135. The number of hydrogen-bond acceptors (Lipinski definition) is 4. The van der Waals surface area contributed by atoms with E-state index in [1.807, 2.05) is 24.3 Å². The summed E-state index contributed by atoms with van der Waals surface area (Å²) in [5, 5.41) is 3.98. The molecule has 1 amide bonds. The van der Waals surface area contributed by atoms with Crippen molar-refractivity contribution >= 4 is 22.1 Å². The molecule has 3 rings (SSSR count). The van der Waals surface area contributed by atoms with Gasteiger partial charge in [-0.1, -0.05) is 44.2 Å². The number of benzene rings is 2. The molecule has 1 heterocycles. The van der Waals surface area contributed by atoms with Gasteiger partial charge in [-0.15, -0.1) is 0 Å². The highest BCUT2D eigenvalue weighted by atomic mass is 32.2. The smallest absolute Gasteiger partial charge is 0.267 e. The standard InChI is InChI=1S/C21H25N3O3S/c1-16(2)18-10-8-17(9-11-18)15-22-23-21(25)19-6-5-7-20(14-19)28(26,27)24-12-3-4-13-24/h5-11,14-16H,3-4,12-13H2,1-2H3,(H,23,25)/b22-15-. The number of hydrazone groups is 1. The first kappa shape index (κ1) is 20.2. The van der Waals surface area contributed by atoms with Gasteiger partial charge in [0.05, 0.1) is 11.1 Å². The quantitative estimate of drug-likeness (QED) is 0.598. The van der Waals surface area contributed by atoms with Crippen LogP contribution in [0.5, 0.6) is 0 Å². The Morgan fingerprint density at radius 2 is 1.79 bits per heavy atom. The van der Waals surface area contributed by atoms with Gasteiger partial charge in [0.15, 0.2) is 0 Å². The average molecular weight is 400 g/mol. The van der Waals surface area contributed by atoms with E-state index in [4.69, 9.17) is 0 Å². The molecule has 28 heavy (non-hydrogen) atoms. The molecule has 0 bridgehead atoms. The summed E-state index contributed by atoms with van der Waals surface area (Å²) < 4.78 is 26.8. The molecule has 0 atom stereocenters. The Bertz CT molecular complexity index is 961. The van der Waals surface area contributed by atoms with Crippen molar-refractivity contribution in [2.24, 2.45) is 5.10 Å². The van der Waals surface area contributed by atoms with Gasteiger partial charge in [0.2, 0.25) is 10.0 Å². The van der Waals surface area contributed by atoms with Crippen LogP contribution in [0.25, 0.3) is 0 Å². The van der Waals surface area contributed by atoms with Gasteiger partial charge in [-0.3, -0.25) is 4.79 Å². The normalized spacial score (nSPS) is 15.4. The Balaban J connectivity index is 1.67. The maximum Gasteiger partial charge on any atom is 0.271 e. The summed E-state index contributed by atoms with van der Waals surface area (Å²) in [4.78, 5) is 12.5. The van der Waals surface area contributed by atoms with Crippen molar-refractivity contribution in [3.05, 3.63) is 65.2 Å². The highest BCUT2D eigenvalue weighted by molar-refractivity contribution is 7.89. The molecule has 0 saturated carbocycles. The Hall–Kier alpha value is -2.51. The number of carbonyl (C=O) groups excluding carboxylic acids is 1. The molecule has 0 radical (unpaired) electrons. The molecule has 2 aromatic carbocycles. The lowest BCUT2D eigenvalue weighted by Crippen LogP contribution is -2.28. The summed E-state index contributed by atoms with van der Waals surface area (Å²) in [6, 6.07) is 14.0. The van der Waals surface area contributed by atoms with Crippen molar-refractivity contribution in [1.82, 2.24) is 9.73 Å². The van der Waals surface area contributed by atoms with Crippen LogP contribution in [-0.2, 0) is 10.0 Å². The molecule has 1 N–H and O–H groups in total. The third-order valence-electron chi connectivity index (χ3n) is 4.78. The van der Waals surface area contributed by atoms with Gasteiger partial charge in [-0.05, 0) is 48.1 Å². The van der Waals surface area contributed by atoms with Crippen LogP contribution in [0.15, 0.2) is 58.5 Å². The van der Waals surface area contributed by atoms with Crippen LogP contribution >= 0.6 is 0 Å². The lowest BCUT2D eigenvalue weighted by atomic mass is 10.0. The summed E-state index contributed by atoms with van der Waals surface area (Å²) in [6.07, 6.45) is 3.30. The molecule has 0 aliphatic carbocycles. The van der Waals surface area contributed by atoms with Crippen molar-refractivity contribution in [3.63, 3.8) is 0 Å². The molecule has 6 nitrogen and oxygen atoms in total. The van der Waals surface area contributed by atoms with Gasteiger partial charge >= 0.3 is 0 Å². The number of nitrogens with zero attached hydrogens (tertiary/aromatic N) is 2. The highest BCUT2D eigenvalue weighted by Crippen LogP contribution is 2.21. The second kappa shape index (κ2) is 8.67. The zero-order valence-corrected chi connectivity index (χ0v) is 16.9. The lowest BCUT2D eigenvalue weighted by Gasteiger charge is -2.15. The van der Waals surface area contributed by atoms with Gasteiger partial charge in [0, 0.05) is 18.7 Å². The van der Waals surface area contributed by atoms with Gasteiger partial charge in [0.1, 0.15) is 0 Å². The number of hydrogen-bond donors (Lipinski definition) is 1. The third-order valence-corrected chi connectivity index (χ3v) is 6.68. The average Bonchev–Trinajstić information content (AvgIpc) is 3.24. The van der Waals surface area contributed by atoms with E-state index >= 15 is 0 Å². The maximum absolute atomic E-state index is 12.6. The first-order valence-electron chi connectivity index (χ1n) is 9.41. The van der Waals surface area contributed by atoms with Crippen LogP contribution in [0.3, 0.4) is 0 Å². The van der Waals surface area contributed by atoms with Crippen LogP contribution in [0.4, 0.5) is 0 Å². The second-order valence-corrected chi connectivity index (χ2v) is 9.10. The summed E-state index contributed by atoms with van der Waals surface area (Å²) >= 11 is 0. The van der Waals surface area contributed by atoms with Crippen molar-refractivity contribution in [2.45, 2.75) is 37.5 Å². The molecular formula is C21H25N3O3S. The molecule has 2 aromatic rings. The van der Waals surface area contributed by atoms with E-state index in [-0.39, 0.29) is 10.5 Å². The molecular weight excluding hydrogens is 374 g/mol. The number of sulfonamides is 1. The summed E-state index contributed by atoms with van der Waals surface area (Å²) in [7, 11) is -3.55. The van der Waals surface area contributed by atoms with E-state index in [1.54, 1.807) is 18.3 Å². The van der Waals surface area contributed by atoms with E-state index in [2.05, 4.69) is 24.4 Å². The van der Waals surface area contributed by atoms with Crippen molar-refractivity contribution < 1.29 is 13.2 Å². The minimum atomic E-state index is -3.55. The molecule has 148 valence electrons. The Morgan fingerprint density at radius 1 is 1.11 bits per heavy atom. The Kier molecular flexibility index (Phi) is 6.26. The predicted octanol–water partition coefficient (Wildman–Crippen LogP) is 3.36. The van der Waals surface area contributed by atoms with E-state index in [9.17, 15) is 13.2 Å². The number of carbonyl (C=O) groups is 1. The molecule has 1 aliphatic rings. The fraction of sp³-hybridized carbons (Fsp3) is 0.333. The van der Waals surface area contributed by atoms with Gasteiger partial charge < -0.3 is 0 Å². The molecule has 0 aromatic heterocycles. The summed E-state index contributed by atoms with van der Waals surface area (Å²) in [5.41, 5.74) is 4.82. The number of amides is 1. The highest BCUT2D eigenvalue weighted by Gasteiger charge is 2.27. The molecule has 1 fully saturated rings. The lowest BCUT2D eigenvalue weighted by molar-refractivity contribution is 0.0955. The first-order valence-corrected chi connectivity index (χ1v) is 10.9. The fourth-order valence-electron chi connectivity index (χ4n) is 3.07. The first-order chi connectivity index (χ1) is 13.4. The second-order valence-electron chi connectivity index (χ2n) is 7.16. The fourth-order valence-corrected chi connectivity index (χ4v) is 4.64. The van der Waals surface area contributed by atoms with Crippen molar-refractivity contribution in [2.75, 3.05) is 13.1 Å². The molecule has 7 heteroatoms. The van der Waals surface area contributed by atoms with Gasteiger partial charge in [0.25, 0.3) is 5.91 Å². The zero-order chi connectivity index (χ0) is 20.1. The van der Waals surface area contributed by atoms with Crippen molar-refractivity contribution in [3.8, 4) is 0 Å². The Labute approximate surface area is 166 Å². The van der Waals surface area contributed by atoms with Crippen LogP contribution < -0.4 is 5.43 Å². The van der Waals surface area contributed by atoms with Gasteiger partial charge in [-0.25, -0.2) is 13.8 Å². The predicted molar refractivity (Wildman–Crippen MR) is 110 cm³/mol. The Morgan fingerprint density at radius 3 is 2.43 bits per heavy atom. The largest absolute Gasteiger partial charge is 0.271 e. The van der Waals surface area contributed by atoms with Crippen LogP contribution in [0.1, 0.15) is 54.1 Å². The van der Waals surface area contributed by atoms with Crippen LogP contribution in [0.2, 0.25) is 0 Å².